The Morgan fingerprint density at radius 2 is 1.96 bits per heavy atom. The monoisotopic (exact) mass is 331 g/mol. The van der Waals surface area contributed by atoms with Crippen LogP contribution in [0.4, 0.5) is 10.6 Å². The summed E-state index contributed by atoms with van der Waals surface area (Å²) in [6, 6.07) is 4.66. The van der Waals surface area contributed by atoms with Crippen molar-refractivity contribution < 1.29 is 9.53 Å². The molecule has 1 saturated heterocycles. The number of nitrogens with zero attached hydrogens (tertiary/aromatic N) is 2. The van der Waals surface area contributed by atoms with Crippen LogP contribution in [0.1, 0.15) is 70.9 Å². The molecule has 132 valence electrons. The number of pyridine rings is 1. The van der Waals surface area contributed by atoms with E-state index in [1.54, 1.807) is 4.90 Å². The maximum atomic E-state index is 12.7. The number of carbonyl (C=O) groups excluding carboxylic acids is 1. The first-order valence-corrected chi connectivity index (χ1v) is 9.15. The topological polar surface area (TPSA) is 54.5 Å². The number of hydrogen-bond acceptors (Lipinski definition) is 4. The highest BCUT2D eigenvalue weighted by atomic mass is 16.6. The molecule has 0 spiro atoms. The fourth-order valence-electron chi connectivity index (χ4n) is 3.62. The van der Waals surface area contributed by atoms with Crippen molar-refractivity contribution in [1.29, 1.82) is 0 Å². The molecule has 0 aromatic carbocycles. The van der Waals surface area contributed by atoms with E-state index in [1.165, 1.54) is 12.0 Å². The van der Waals surface area contributed by atoms with Gasteiger partial charge in [0.15, 0.2) is 0 Å². The molecule has 2 fully saturated rings. The zero-order chi connectivity index (χ0) is 17.2. The molecule has 24 heavy (non-hydrogen) atoms. The molecule has 1 aliphatic carbocycles. The van der Waals surface area contributed by atoms with Crippen molar-refractivity contribution in [2.75, 3.05) is 11.4 Å². The van der Waals surface area contributed by atoms with Gasteiger partial charge in [-0.25, -0.2) is 9.78 Å². The molecule has 2 heterocycles. The molecule has 2 aliphatic rings. The fourth-order valence-corrected chi connectivity index (χ4v) is 3.62. The minimum atomic E-state index is -0.498. The Bertz CT molecular complexity index is 553. The van der Waals surface area contributed by atoms with Gasteiger partial charge in [-0.3, -0.25) is 4.90 Å². The Labute approximate surface area is 144 Å². The summed E-state index contributed by atoms with van der Waals surface area (Å²) in [6.45, 7) is 6.78. The number of anilines is 1. The molecule has 1 atom stereocenters. The number of aromatic nitrogens is 1. The van der Waals surface area contributed by atoms with Gasteiger partial charge in [-0.05, 0) is 64.6 Å². The van der Waals surface area contributed by atoms with Gasteiger partial charge in [-0.2, -0.15) is 0 Å². The second-order valence-corrected chi connectivity index (χ2v) is 7.89. The third kappa shape index (κ3) is 4.07. The molecule has 5 nitrogen and oxygen atoms in total. The number of amides is 1. The van der Waals surface area contributed by atoms with Crippen molar-refractivity contribution >= 4 is 11.9 Å². The SMILES string of the molecule is CC(C)(C)OC(=O)N(c1ccc([C@H]2CCCN2)cn1)C1CCCC1. The quantitative estimate of drug-likeness (QED) is 0.902. The van der Waals surface area contributed by atoms with Crippen LogP contribution in [0.2, 0.25) is 0 Å². The number of hydrogen-bond donors (Lipinski definition) is 1. The lowest BCUT2D eigenvalue weighted by Crippen LogP contribution is -2.43. The first-order chi connectivity index (χ1) is 11.4. The molecule has 5 heteroatoms. The van der Waals surface area contributed by atoms with Gasteiger partial charge >= 0.3 is 6.09 Å². The minimum absolute atomic E-state index is 0.197. The fraction of sp³-hybridized carbons (Fsp3) is 0.684. The summed E-state index contributed by atoms with van der Waals surface area (Å²) in [5.74, 6) is 0.706. The zero-order valence-electron chi connectivity index (χ0n) is 15.0. The van der Waals surface area contributed by atoms with Crippen molar-refractivity contribution in [1.82, 2.24) is 10.3 Å². The van der Waals surface area contributed by atoms with E-state index < -0.39 is 5.60 Å². The van der Waals surface area contributed by atoms with Gasteiger partial charge < -0.3 is 10.1 Å². The summed E-state index contributed by atoms with van der Waals surface area (Å²) in [5.41, 5.74) is 0.702. The number of ether oxygens (including phenoxy) is 1. The van der Waals surface area contributed by atoms with Gasteiger partial charge in [-0.1, -0.05) is 18.9 Å². The van der Waals surface area contributed by atoms with Gasteiger partial charge in [0.2, 0.25) is 0 Å². The largest absolute Gasteiger partial charge is 0.443 e. The van der Waals surface area contributed by atoms with Gasteiger partial charge in [0.25, 0.3) is 0 Å². The molecule has 1 amide bonds. The van der Waals surface area contributed by atoms with E-state index in [0.29, 0.717) is 11.9 Å². The van der Waals surface area contributed by atoms with E-state index in [2.05, 4.69) is 16.4 Å². The lowest BCUT2D eigenvalue weighted by molar-refractivity contribution is 0.0564. The summed E-state index contributed by atoms with van der Waals surface area (Å²) >= 11 is 0. The maximum Gasteiger partial charge on any atom is 0.416 e. The van der Waals surface area contributed by atoms with Crippen molar-refractivity contribution in [2.45, 2.75) is 77.0 Å². The molecule has 1 aromatic rings. The van der Waals surface area contributed by atoms with Crippen molar-refractivity contribution in [2.24, 2.45) is 0 Å². The van der Waals surface area contributed by atoms with E-state index in [4.69, 9.17) is 4.74 Å². The molecule has 0 radical (unpaired) electrons. The van der Waals surface area contributed by atoms with E-state index in [-0.39, 0.29) is 12.1 Å². The predicted octanol–water partition coefficient (Wildman–Crippen LogP) is 4.19. The standard InChI is InChI=1S/C19H29N3O2/c1-19(2,3)24-18(23)22(15-7-4-5-8-15)17-11-10-14(13-21-17)16-9-6-12-20-16/h10-11,13,15-16,20H,4-9,12H2,1-3H3/t16-/m1/s1. The highest BCUT2D eigenvalue weighted by Gasteiger charge is 2.32. The summed E-state index contributed by atoms with van der Waals surface area (Å²) in [4.78, 5) is 19.1. The third-order valence-electron chi connectivity index (χ3n) is 4.76. The summed E-state index contributed by atoms with van der Waals surface area (Å²) in [6.07, 6.45) is 8.35. The highest BCUT2D eigenvalue weighted by Crippen LogP contribution is 2.30. The van der Waals surface area contributed by atoms with Gasteiger partial charge in [0.05, 0.1) is 0 Å². The molecule has 1 N–H and O–H groups in total. The van der Waals surface area contributed by atoms with E-state index >= 15 is 0 Å². The smallest absolute Gasteiger partial charge is 0.416 e. The average Bonchev–Trinajstić information content (AvgIpc) is 3.20. The number of nitrogens with one attached hydrogen (secondary N) is 1. The third-order valence-corrected chi connectivity index (χ3v) is 4.76. The van der Waals surface area contributed by atoms with Crippen LogP contribution in [0.3, 0.4) is 0 Å². The highest BCUT2D eigenvalue weighted by molar-refractivity contribution is 5.87. The summed E-state index contributed by atoms with van der Waals surface area (Å²) < 4.78 is 5.63. The Hall–Kier alpha value is -1.62. The second kappa shape index (κ2) is 7.09. The van der Waals surface area contributed by atoms with Crippen LogP contribution >= 0.6 is 0 Å². The Morgan fingerprint density at radius 1 is 1.21 bits per heavy atom. The Balaban J connectivity index is 1.80. The zero-order valence-corrected chi connectivity index (χ0v) is 15.0. The minimum Gasteiger partial charge on any atom is -0.443 e. The molecule has 1 aromatic heterocycles. The normalized spacial score (nSPS) is 21.9. The van der Waals surface area contributed by atoms with Gasteiger partial charge in [0, 0.05) is 18.3 Å². The van der Waals surface area contributed by atoms with Gasteiger partial charge in [-0.15, -0.1) is 0 Å². The van der Waals surface area contributed by atoms with Crippen molar-refractivity contribution in [3.05, 3.63) is 23.9 Å². The van der Waals surface area contributed by atoms with Crippen LogP contribution in [0.5, 0.6) is 0 Å². The Morgan fingerprint density at radius 3 is 2.50 bits per heavy atom. The molecular weight excluding hydrogens is 302 g/mol. The first-order valence-electron chi connectivity index (χ1n) is 9.15. The first kappa shape index (κ1) is 17.2. The lowest BCUT2D eigenvalue weighted by Gasteiger charge is -2.31. The van der Waals surface area contributed by atoms with E-state index in [0.717, 1.165) is 38.6 Å². The van der Waals surface area contributed by atoms with Crippen LogP contribution in [-0.2, 0) is 4.74 Å². The summed E-state index contributed by atoms with van der Waals surface area (Å²) in [5, 5.41) is 3.49. The van der Waals surface area contributed by atoms with E-state index in [9.17, 15) is 4.79 Å². The average molecular weight is 331 g/mol. The van der Waals surface area contributed by atoms with Crippen LogP contribution < -0.4 is 10.2 Å². The van der Waals surface area contributed by atoms with Crippen LogP contribution in [-0.4, -0.2) is 29.3 Å². The maximum absolute atomic E-state index is 12.7. The van der Waals surface area contributed by atoms with Crippen molar-refractivity contribution in [3.63, 3.8) is 0 Å². The number of rotatable bonds is 3. The van der Waals surface area contributed by atoms with Crippen LogP contribution in [0.25, 0.3) is 0 Å². The molecule has 1 aliphatic heterocycles. The molecule has 0 bridgehead atoms. The molecular formula is C19H29N3O2. The molecule has 3 rings (SSSR count). The lowest BCUT2D eigenvalue weighted by atomic mass is 10.1. The van der Waals surface area contributed by atoms with Crippen LogP contribution in [0, 0.1) is 0 Å². The molecule has 1 saturated carbocycles. The second-order valence-electron chi connectivity index (χ2n) is 7.89. The van der Waals surface area contributed by atoms with Crippen LogP contribution in [0.15, 0.2) is 18.3 Å². The van der Waals surface area contributed by atoms with Gasteiger partial charge in [0.1, 0.15) is 11.4 Å². The van der Waals surface area contributed by atoms with E-state index in [1.807, 2.05) is 33.0 Å². The predicted molar refractivity (Wildman–Crippen MR) is 95.2 cm³/mol. The Kier molecular flexibility index (Phi) is 5.09. The molecule has 0 unspecified atom stereocenters. The summed E-state index contributed by atoms with van der Waals surface area (Å²) in [7, 11) is 0. The number of carbonyl (C=O) groups is 1. The van der Waals surface area contributed by atoms with Crippen molar-refractivity contribution in [3.8, 4) is 0 Å².